The second kappa shape index (κ2) is 7.19. The molecule has 1 aromatic heterocycles. The van der Waals surface area contributed by atoms with Crippen molar-refractivity contribution in [2.45, 2.75) is 6.61 Å². The third kappa shape index (κ3) is 4.04. The highest BCUT2D eigenvalue weighted by molar-refractivity contribution is 5.87. The molecule has 0 unspecified atom stereocenters. The van der Waals surface area contributed by atoms with Crippen LogP contribution in [0.15, 0.2) is 66.3 Å². The first-order valence-corrected chi connectivity index (χ1v) is 7.15. The van der Waals surface area contributed by atoms with Crippen LogP contribution in [-0.2, 0) is 6.61 Å². The summed E-state index contributed by atoms with van der Waals surface area (Å²) in [5.74, 6) is -0.218. The second-order valence-electron chi connectivity index (χ2n) is 4.95. The molecule has 0 aliphatic carbocycles. The number of carbonyl (C=O) groups is 1. The first kappa shape index (κ1) is 15.4. The summed E-state index contributed by atoms with van der Waals surface area (Å²) in [5, 5.41) is 20.4. The zero-order valence-electron chi connectivity index (χ0n) is 12.6. The van der Waals surface area contributed by atoms with Crippen LogP contribution >= 0.6 is 0 Å². The molecule has 1 N–H and O–H groups in total. The molecular formula is C17H14N4O3. The minimum absolute atomic E-state index is 0.260. The quantitative estimate of drug-likeness (QED) is 0.704. The number of carboxylic acids is 1. The summed E-state index contributed by atoms with van der Waals surface area (Å²) in [6.07, 6.45) is 4.70. The number of rotatable bonds is 6. The summed E-state index contributed by atoms with van der Waals surface area (Å²) in [6, 6.07) is 14.1. The fourth-order valence-electron chi connectivity index (χ4n) is 1.95. The summed E-state index contributed by atoms with van der Waals surface area (Å²) in [5.41, 5.74) is 2.08. The van der Waals surface area contributed by atoms with Gasteiger partial charge in [-0.25, -0.2) is 9.47 Å². The van der Waals surface area contributed by atoms with Gasteiger partial charge in [-0.1, -0.05) is 12.1 Å². The van der Waals surface area contributed by atoms with E-state index in [9.17, 15) is 4.79 Å². The minimum atomic E-state index is -0.939. The van der Waals surface area contributed by atoms with Gasteiger partial charge in [-0.3, -0.25) is 0 Å². The van der Waals surface area contributed by atoms with Gasteiger partial charge in [-0.05, 0) is 47.5 Å². The molecule has 0 aliphatic rings. The van der Waals surface area contributed by atoms with Gasteiger partial charge in [-0.2, -0.15) is 5.10 Å². The van der Waals surface area contributed by atoms with Gasteiger partial charge >= 0.3 is 5.97 Å². The Hall–Kier alpha value is -3.48. The molecule has 0 radical (unpaired) electrons. The average Bonchev–Trinajstić information content (AvgIpc) is 3.13. The van der Waals surface area contributed by atoms with Crippen molar-refractivity contribution in [2.24, 2.45) is 5.10 Å². The Bertz CT molecular complexity index is 825. The first-order chi connectivity index (χ1) is 11.7. The van der Waals surface area contributed by atoms with E-state index < -0.39 is 5.97 Å². The van der Waals surface area contributed by atoms with E-state index in [1.165, 1.54) is 17.3 Å². The van der Waals surface area contributed by atoms with E-state index in [-0.39, 0.29) is 5.56 Å². The van der Waals surface area contributed by atoms with Gasteiger partial charge in [0, 0.05) is 0 Å². The Morgan fingerprint density at radius 3 is 2.38 bits per heavy atom. The Kier molecular flexibility index (Phi) is 4.62. The first-order valence-electron chi connectivity index (χ1n) is 7.15. The van der Waals surface area contributed by atoms with Crippen molar-refractivity contribution in [1.29, 1.82) is 0 Å². The molecule has 0 spiro atoms. The molecule has 0 atom stereocenters. The van der Waals surface area contributed by atoms with E-state index >= 15 is 0 Å². The maximum Gasteiger partial charge on any atom is 0.335 e. The van der Waals surface area contributed by atoms with Crippen molar-refractivity contribution in [2.75, 3.05) is 0 Å². The maximum absolute atomic E-state index is 10.8. The Labute approximate surface area is 137 Å². The van der Waals surface area contributed by atoms with Crippen LogP contribution in [0, 0.1) is 0 Å². The van der Waals surface area contributed by atoms with E-state index in [1.807, 2.05) is 24.3 Å². The lowest BCUT2D eigenvalue weighted by Gasteiger charge is -2.06. The van der Waals surface area contributed by atoms with Crippen molar-refractivity contribution >= 4 is 12.2 Å². The standard InChI is InChI=1S/C17H14N4O3/c22-17(23)15-5-1-14(2-6-15)10-24-16-7-3-13(4-8-16)9-20-21-11-18-19-12-21/h1-9,11-12H,10H2,(H,22,23). The highest BCUT2D eigenvalue weighted by atomic mass is 16.5. The Morgan fingerprint density at radius 2 is 1.75 bits per heavy atom. The number of aromatic carboxylic acids is 1. The van der Waals surface area contributed by atoms with Crippen molar-refractivity contribution in [1.82, 2.24) is 14.9 Å². The van der Waals surface area contributed by atoms with E-state index in [1.54, 1.807) is 30.5 Å². The second-order valence-corrected chi connectivity index (χ2v) is 4.95. The molecule has 0 amide bonds. The summed E-state index contributed by atoms with van der Waals surface area (Å²) in [4.78, 5) is 10.8. The smallest absolute Gasteiger partial charge is 0.335 e. The summed E-state index contributed by atoms with van der Waals surface area (Å²) in [6.45, 7) is 0.369. The van der Waals surface area contributed by atoms with Crippen molar-refractivity contribution in [3.8, 4) is 5.75 Å². The third-order valence-corrected chi connectivity index (χ3v) is 3.23. The van der Waals surface area contributed by atoms with Gasteiger partial charge in [0.2, 0.25) is 0 Å². The molecule has 120 valence electrons. The fraction of sp³-hybridized carbons (Fsp3) is 0.0588. The topological polar surface area (TPSA) is 89.6 Å². The minimum Gasteiger partial charge on any atom is -0.489 e. The van der Waals surface area contributed by atoms with Crippen LogP contribution in [0.2, 0.25) is 0 Å². The van der Waals surface area contributed by atoms with E-state index in [2.05, 4.69) is 15.3 Å². The molecule has 0 fully saturated rings. The highest BCUT2D eigenvalue weighted by Crippen LogP contribution is 2.14. The molecule has 0 saturated heterocycles. The van der Waals surface area contributed by atoms with Crippen LogP contribution in [-0.4, -0.2) is 32.2 Å². The molecule has 7 heteroatoms. The van der Waals surface area contributed by atoms with Crippen LogP contribution in [0.4, 0.5) is 0 Å². The molecule has 1 heterocycles. The lowest BCUT2D eigenvalue weighted by molar-refractivity contribution is 0.0697. The number of ether oxygens (including phenoxy) is 1. The van der Waals surface area contributed by atoms with Crippen LogP contribution in [0.1, 0.15) is 21.5 Å². The fourth-order valence-corrected chi connectivity index (χ4v) is 1.95. The zero-order chi connectivity index (χ0) is 16.8. The molecular weight excluding hydrogens is 308 g/mol. The normalized spacial score (nSPS) is 10.8. The van der Waals surface area contributed by atoms with Crippen molar-refractivity contribution in [3.63, 3.8) is 0 Å². The van der Waals surface area contributed by atoms with Crippen LogP contribution < -0.4 is 4.74 Å². The predicted molar refractivity (Wildman–Crippen MR) is 87.2 cm³/mol. The molecule has 24 heavy (non-hydrogen) atoms. The number of hydrogen-bond donors (Lipinski definition) is 1. The summed E-state index contributed by atoms with van der Waals surface area (Å²) in [7, 11) is 0. The maximum atomic E-state index is 10.8. The molecule has 2 aromatic carbocycles. The molecule has 0 bridgehead atoms. The van der Waals surface area contributed by atoms with Crippen LogP contribution in [0.5, 0.6) is 5.75 Å². The number of aromatic nitrogens is 3. The lowest BCUT2D eigenvalue weighted by atomic mass is 10.1. The number of nitrogens with zero attached hydrogens (tertiary/aromatic N) is 4. The van der Waals surface area contributed by atoms with E-state index in [4.69, 9.17) is 9.84 Å². The predicted octanol–water partition coefficient (Wildman–Crippen LogP) is 2.44. The number of hydrogen-bond acceptors (Lipinski definition) is 5. The van der Waals surface area contributed by atoms with E-state index in [0.29, 0.717) is 6.61 Å². The number of benzene rings is 2. The largest absolute Gasteiger partial charge is 0.489 e. The van der Waals surface area contributed by atoms with Crippen LogP contribution in [0.3, 0.4) is 0 Å². The summed E-state index contributed by atoms with van der Waals surface area (Å²) >= 11 is 0. The average molecular weight is 322 g/mol. The lowest BCUT2D eigenvalue weighted by Crippen LogP contribution is -1.99. The molecule has 3 rings (SSSR count). The van der Waals surface area contributed by atoms with Crippen molar-refractivity contribution < 1.29 is 14.6 Å². The van der Waals surface area contributed by atoms with Gasteiger partial charge < -0.3 is 9.84 Å². The molecule has 0 aliphatic heterocycles. The van der Waals surface area contributed by atoms with Gasteiger partial charge in [0.15, 0.2) is 0 Å². The monoisotopic (exact) mass is 322 g/mol. The van der Waals surface area contributed by atoms with Crippen LogP contribution in [0.25, 0.3) is 0 Å². The Balaban J connectivity index is 1.57. The SMILES string of the molecule is O=C(O)c1ccc(COc2ccc(C=Nn3cnnc3)cc2)cc1. The van der Waals surface area contributed by atoms with Gasteiger partial charge in [-0.15, -0.1) is 10.2 Å². The van der Waals surface area contributed by atoms with Gasteiger partial charge in [0.05, 0.1) is 11.8 Å². The Morgan fingerprint density at radius 1 is 1.08 bits per heavy atom. The number of carboxylic acid groups (broad SMARTS) is 1. The molecule has 0 saturated carbocycles. The van der Waals surface area contributed by atoms with E-state index in [0.717, 1.165) is 16.9 Å². The summed E-state index contributed by atoms with van der Waals surface area (Å²) < 4.78 is 7.19. The molecule has 3 aromatic rings. The van der Waals surface area contributed by atoms with Crippen molar-refractivity contribution in [3.05, 3.63) is 77.9 Å². The third-order valence-electron chi connectivity index (χ3n) is 3.23. The highest BCUT2D eigenvalue weighted by Gasteiger charge is 2.02. The molecule has 7 nitrogen and oxygen atoms in total. The zero-order valence-corrected chi connectivity index (χ0v) is 12.6. The van der Waals surface area contributed by atoms with Gasteiger partial charge in [0.25, 0.3) is 0 Å². The van der Waals surface area contributed by atoms with Gasteiger partial charge in [0.1, 0.15) is 25.0 Å².